The molecule has 0 radical (unpaired) electrons. The van der Waals surface area contributed by atoms with Crippen LogP contribution in [0.1, 0.15) is 5.56 Å². The molecule has 0 aromatic heterocycles. The van der Waals surface area contributed by atoms with Gasteiger partial charge in [-0.2, -0.15) is 0 Å². The SMILES string of the molecule is C#CCOc1c(Cl)cc(CNc2cccc([N+](=O)[O-])c2)cc1Cl. The van der Waals surface area contributed by atoms with Gasteiger partial charge in [-0.15, -0.1) is 6.42 Å². The lowest BCUT2D eigenvalue weighted by molar-refractivity contribution is -0.384. The average molecular weight is 351 g/mol. The third-order valence-electron chi connectivity index (χ3n) is 2.91. The predicted octanol–water partition coefficient (Wildman–Crippen LogP) is 4.53. The molecule has 0 spiro atoms. The molecule has 0 aliphatic heterocycles. The summed E-state index contributed by atoms with van der Waals surface area (Å²) in [5.74, 6) is 2.68. The van der Waals surface area contributed by atoms with Gasteiger partial charge in [0.2, 0.25) is 0 Å². The molecule has 1 N–H and O–H groups in total. The first-order valence-electron chi connectivity index (χ1n) is 6.53. The van der Waals surface area contributed by atoms with E-state index in [0.717, 1.165) is 5.56 Å². The van der Waals surface area contributed by atoms with E-state index < -0.39 is 4.92 Å². The Balaban J connectivity index is 2.11. The van der Waals surface area contributed by atoms with Crippen LogP contribution < -0.4 is 10.1 Å². The maximum absolute atomic E-state index is 10.8. The molecule has 0 atom stereocenters. The Labute approximate surface area is 143 Å². The first-order valence-corrected chi connectivity index (χ1v) is 7.29. The lowest BCUT2D eigenvalue weighted by Gasteiger charge is -2.11. The van der Waals surface area contributed by atoms with Gasteiger partial charge in [0, 0.05) is 24.4 Å². The fraction of sp³-hybridized carbons (Fsp3) is 0.125. The van der Waals surface area contributed by atoms with Gasteiger partial charge in [-0.3, -0.25) is 10.1 Å². The highest BCUT2D eigenvalue weighted by Gasteiger charge is 2.10. The Morgan fingerprint density at radius 1 is 1.26 bits per heavy atom. The summed E-state index contributed by atoms with van der Waals surface area (Å²) in [6.45, 7) is 0.473. The Bertz CT molecular complexity index is 749. The fourth-order valence-corrected chi connectivity index (χ4v) is 2.54. The van der Waals surface area contributed by atoms with Gasteiger partial charge in [0.15, 0.2) is 5.75 Å². The largest absolute Gasteiger partial charge is 0.478 e. The number of nitro benzene ring substituents is 1. The van der Waals surface area contributed by atoms with E-state index >= 15 is 0 Å². The van der Waals surface area contributed by atoms with Crippen LogP contribution in [0.15, 0.2) is 36.4 Å². The summed E-state index contributed by atoms with van der Waals surface area (Å²) in [5, 5.41) is 14.5. The Kier molecular flexibility index (Phi) is 5.69. The van der Waals surface area contributed by atoms with Crippen molar-refractivity contribution in [3.63, 3.8) is 0 Å². The van der Waals surface area contributed by atoms with Crippen LogP contribution in [0.25, 0.3) is 0 Å². The van der Waals surface area contributed by atoms with E-state index in [0.29, 0.717) is 28.0 Å². The maximum atomic E-state index is 10.8. The summed E-state index contributed by atoms with van der Waals surface area (Å²) < 4.78 is 5.28. The van der Waals surface area contributed by atoms with Gasteiger partial charge in [-0.25, -0.2) is 0 Å². The summed E-state index contributed by atoms with van der Waals surface area (Å²) in [6, 6.07) is 9.62. The van der Waals surface area contributed by atoms with Gasteiger partial charge < -0.3 is 10.1 Å². The average Bonchev–Trinajstić information content (AvgIpc) is 2.52. The van der Waals surface area contributed by atoms with Crippen molar-refractivity contribution in [1.29, 1.82) is 0 Å². The smallest absolute Gasteiger partial charge is 0.271 e. The third kappa shape index (κ3) is 4.52. The first kappa shape index (κ1) is 16.9. The number of benzene rings is 2. The Morgan fingerprint density at radius 2 is 1.96 bits per heavy atom. The molecular formula is C16H12Cl2N2O3. The molecule has 5 nitrogen and oxygen atoms in total. The van der Waals surface area contributed by atoms with E-state index in [2.05, 4.69) is 11.2 Å². The molecule has 0 fully saturated rings. The number of nitrogens with one attached hydrogen (secondary N) is 1. The zero-order valence-electron chi connectivity index (χ0n) is 11.9. The van der Waals surface area contributed by atoms with Gasteiger partial charge in [0.25, 0.3) is 5.69 Å². The molecule has 0 saturated carbocycles. The highest BCUT2D eigenvalue weighted by Crippen LogP contribution is 2.34. The van der Waals surface area contributed by atoms with E-state index in [9.17, 15) is 10.1 Å². The number of terminal acetylenes is 1. The minimum Gasteiger partial charge on any atom is -0.478 e. The summed E-state index contributed by atoms with van der Waals surface area (Å²) in [5.41, 5.74) is 1.45. The van der Waals surface area contributed by atoms with Crippen LogP contribution in [-0.2, 0) is 6.54 Å². The topological polar surface area (TPSA) is 64.4 Å². The van der Waals surface area contributed by atoms with E-state index in [-0.39, 0.29) is 12.3 Å². The number of non-ortho nitro benzene ring substituents is 1. The van der Waals surface area contributed by atoms with Gasteiger partial charge in [0.1, 0.15) is 6.61 Å². The number of anilines is 1. The van der Waals surface area contributed by atoms with E-state index in [1.54, 1.807) is 24.3 Å². The quantitative estimate of drug-likeness (QED) is 0.472. The van der Waals surface area contributed by atoms with Gasteiger partial charge in [0.05, 0.1) is 15.0 Å². The lowest BCUT2D eigenvalue weighted by atomic mass is 10.2. The second-order valence-corrected chi connectivity index (χ2v) is 5.36. The van der Waals surface area contributed by atoms with Crippen molar-refractivity contribution in [3.8, 4) is 18.1 Å². The molecule has 0 aliphatic rings. The number of hydrogen-bond acceptors (Lipinski definition) is 4. The normalized spacial score (nSPS) is 9.96. The number of rotatable bonds is 6. The van der Waals surface area contributed by atoms with Crippen molar-refractivity contribution >= 4 is 34.6 Å². The van der Waals surface area contributed by atoms with Gasteiger partial charge in [-0.1, -0.05) is 35.2 Å². The molecule has 7 heteroatoms. The predicted molar refractivity (Wildman–Crippen MR) is 91.2 cm³/mol. The molecular weight excluding hydrogens is 339 g/mol. The summed E-state index contributed by atoms with van der Waals surface area (Å²) in [6.07, 6.45) is 5.13. The van der Waals surface area contributed by atoms with Crippen LogP contribution in [0, 0.1) is 22.5 Å². The van der Waals surface area contributed by atoms with Crippen molar-refractivity contribution in [1.82, 2.24) is 0 Å². The number of ether oxygens (including phenoxy) is 1. The van der Waals surface area contributed by atoms with Crippen molar-refractivity contribution in [2.75, 3.05) is 11.9 Å². The van der Waals surface area contributed by atoms with Gasteiger partial charge in [-0.05, 0) is 23.8 Å². The molecule has 0 unspecified atom stereocenters. The summed E-state index contributed by atoms with van der Waals surface area (Å²) in [4.78, 5) is 10.3. The number of nitrogens with zero attached hydrogens (tertiary/aromatic N) is 1. The number of hydrogen-bond donors (Lipinski definition) is 1. The van der Waals surface area contributed by atoms with Crippen molar-refractivity contribution in [2.45, 2.75) is 6.54 Å². The fourth-order valence-electron chi connectivity index (χ4n) is 1.90. The van der Waals surface area contributed by atoms with Crippen LogP contribution in [0.3, 0.4) is 0 Å². The minimum atomic E-state index is -0.448. The number of halogens is 2. The van der Waals surface area contributed by atoms with Crippen molar-refractivity contribution in [2.24, 2.45) is 0 Å². The zero-order chi connectivity index (χ0) is 16.8. The van der Waals surface area contributed by atoms with Crippen molar-refractivity contribution in [3.05, 3.63) is 62.1 Å². The van der Waals surface area contributed by atoms with Crippen LogP contribution >= 0.6 is 23.2 Å². The van der Waals surface area contributed by atoms with E-state index in [1.165, 1.54) is 12.1 Å². The molecule has 0 amide bonds. The molecule has 2 aromatic carbocycles. The molecule has 0 saturated heterocycles. The lowest BCUT2D eigenvalue weighted by Crippen LogP contribution is -2.01. The second kappa shape index (κ2) is 7.73. The standard InChI is InChI=1S/C16H12Cl2N2O3/c1-2-6-23-16-14(17)7-11(8-15(16)18)10-19-12-4-3-5-13(9-12)20(21)22/h1,3-5,7-9,19H,6,10H2. The highest BCUT2D eigenvalue weighted by atomic mass is 35.5. The van der Waals surface area contributed by atoms with Crippen LogP contribution in [0.5, 0.6) is 5.75 Å². The number of nitro groups is 1. The minimum absolute atomic E-state index is 0.0177. The maximum Gasteiger partial charge on any atom is 0.271 e. The van der Waals surface area contributed by atoms with Gasteiger partial charge >= 0.3 is 0 Å². The van der Waals surface area contributed by atoms with E-state index in [1.807, 2.05) is 0 Å². The molecule has 2 rings (SSSR count). The monoisotopic (exact) mass is 350 g/mol. The Morgan fingerprint density at radius 3 is 2.57 bits per heavy atom. The molecule has 0 heterocycles. The molecule has 23 heavy (non-hydrogen) atoms. The second-order valence-electron chi connectivity index (χ2n) is 4.54. The Hall–Kier alpha value is -2.42. The molecule has 2 aromatic rings. The highest BCUT2D eigenvalue weighted by molar-refractivity contribution is 6.37. The summed E-state index contributed by atoms with van der Waals surface area (Å²) in [7, 11) is 0. The van der Waals surface area contributed by atoms with Crippen molar-refractivity contribution < 1.29 is 9.66 Å². The molecule has 0 aliphatic carbocycles. The summed E-state index contributed by atoms with van der Waals surface area (Å²) >= 11 is 12.2. The van der Waals surface area contributed by atoms with E-state index in [4.69, 9.17) is 34.4 Å². The molecule has 118 valence electrons. The zero-order valence-corrected chi connectivity index (χ0v) is 13.4. The third-order valence-corrected chi connectivity index (χ3v) is 3.47. The molecule has 0 bridgehead atoms. The first-order chi connectivity index (χ1) is 11.0. The van der Waals surface area contributed by atoms with Crippen LogP contribution in [0.4, 0.5) is 11.4 Å². The van der Waals surface area contributed by atoms with Crippen LogP contribution in [0.2, 0.25) is 10.0 Å². The van der Waals surface area contributed by atoms with Crippen LogP contribution in [-0.4, -0.2) is 11.5 Å².